The Labute approximate surface area is 286 Å². The maximum absolute atomic E-state index is 10.8. The minimum Gasteiger partial charge on any atom is -0.458 e. The molecule has 0 aromatic heterocycles. The second kappa shape index (κ2) is 15.3. The molecule has 6 unspecified atom stereocenters. The first-order valence-electron chi connectivity index (χ1n) is 15.1. The summed E-state index contributed by atoms with van der Waals surface area (Å²) < 4.78 is 51.4. The maximum Gasteiger partial charge on any atom is 0.303 e. The van der Waals surface area contributed by atoms with E-state index in [0.29, 0.717) is 46.2 Å². The largest absolute Gasteiger partial charge is 0.458 e. The van der Waals surface area contributed by atoms with Crippen LogP contribution in [0.1, 0.15) is 39.5 Å². The van der Waals surface area contributed by atoms with Gasteiger partial charge < -0.3 is 57.6 Å². The van der Waals surface area contributed by atoms with E-state index in [-0.39, 0.29) is 74.3 Å². The summed E-state index contributed by atoms with van der Waals surface area (Å²) in [5.41, 5.74) is 0. The molecule has 17 heteroatoms. The standard InChI is InChI=1S/2C8H11BrO4.C6H9BrO3.C6H10O3/c2*1-5(10)13-6-4-12-7-8(6,9)2-3-11-7;7-6-1-2-9-5(6)10-3-4(6)8;7-5-3-9-6-4(5)1-2-8-6/h2*6-7H,2-4H2,1H3;4-5,8H,1-3H2;4-7H,1-3H2/t6-,7+,8+;;;4-,5-,6+/m0..0/s1. The lowest BCUT2D eigenvalue weighted by atomic mass is 10.0. The van der Waals surface area contributed by atoms with Gasteiger partial charge in [-0.15, -0.1) is 0 Å². The lowest BCUT2D eigenvalue weighted by Crippen LogP contribution is -2.39. The molecule has 12 atom stereocenters. The molecule has 0 aliphatic carbocycles. The molecule has 8 saturated heterocycles. The van der Waals surface area contributed by atoms with Crippen LogP contribution in [0.15, 0.2) is 0 Å². The molecule has 14 nitrogen and oxygen atoms in total. The van der Waals surface area contributed by atoms with Crippen molar-refractivity contribution < 1.29 is 67.2 Å². The Kier molecular flexibility index (Phi) is 12.3. The number of carbonyl (C=O) groups is 2. The van der Waals surface area contributed by atoms with Gasteiger partial charge in [0.25, 0.3) is 0 Å². The lowest BCUT2D eigenvalue weighted by molar-refractivity contribution is -0.148. The van der Waals surface area contributed by atoms with Gasteiger partial charge in [-0.3, -0.25) is 9.59 Å². The zero-order chi connectivity index (χ0) is 32.4. The predicted octanol–water partition coefficient (Wildman–Crippen LogP) is 1.65. The van der Waals surface area contributed by atoms with Crippen molar-refractivity contribution in [1.29, 1.82) is 0 Å². The molecule has 8 fully saturated rings. The van der Waals surface area contributed by atoms with Crippen molar-refractivity contribution >= 4 is 59.7 Å². The van der Waals surface area contributed by atoms with Gasteiger partial charge in [-0.1, -0.05) is 47.8 Å². The van der Waals surface area contributed by atoms with E-state index in [1.807, 2.05) is 0 Å². The predicted molar refractivity (Wildman–Crippen MR) is 163 cm³/mol. The molecule has 258 valence electrons. The average molecular weight is 841 g/mol. The van der Waals surface area contributed by atoms with Crippen LogP contribution in [0, 0.1) is 5.92 Å². The number of esters is 2. The van der Waals surface area contributed by atoms with Gasteiger partial charge in [-0.2, -0.15) is 0 Å². The van der Waals surface area contributed by atoms with Crippen molar-refractivity contribution in [2.45, 2.75) is 102 Å². The fourth-order valence-electron chi connectivity index (χ4n) is 6.30. The number of hydrogen-bond acceptors (Lipinski definition) is 14. The van der Waals surface area contributed by atoms with Crippen LogP contribution in [0.25, 0.3) is 0 Å². The van der Waals surface area contributed by atoms with Gasteiger partial charge in [0, 0.05) is 19.8 Å². The van der Waals surface area contributed by atoms with Crippen molar-refractivity contribution in [1.82, 2.24) is 0 Å². The van der Waals surface area contributed by atoms with Crippen LogP contribution in [-0.4, -0.2) is 138 Å². The number of carbonyl (C=O) groups excluding carboxylic acids is 2. The number of aliphatic hydroxyl groups excluding tert-OH is 2. The van der Waals surface area contributed by atoms with E-state index in [2.05, 4.69) is 47.8 Å². The summed E-state index contributed by atoms with van der Waals surface area (Å²) in [7, 11) is 0. The van der Waals surface area contributed by atoms with Crippen LogP contribution in [0.4, 0.5) is 0 Å². The Morgan fingerprint density at radius 2 is 1.09 bits per heavy atom. The third-order valence-corrected chi connectivity index (χ3v) is 12.8. The highest BCUT2D eigenvalue weighted by molar-refractivity contribution is 9.10. The SMILES string of the molecule is CC(=O)OC1COC2OCCC12Br.CC(=O)O[C@H]1CO[C@H]2OCC[C@]21Br.OC1COC2OCCC12Br.O[C@H]1CO[C@H]2OCC[C@H]21. The molecule has 45 heavy (non-hydrogen) atoms. The van der Waals surface area contributed by atoms with Crippen molar-refractivity contribution in [3.63, 3.8) is 0 Å². The molecule has 8 aliphatic heterocycles. The number of alkyl halides is 3. The Morgan fingerprint density at radius 3 is 1.56 bits per heavy atom. The molecule has 0 spiro atoms. The third-order valence-electron chi connectivity index (χ3n) is 8.89. The first-order valence-corrected chi connectivity index (χ1v) is 17.4. The summed E-state index contributed by atoms with van der Waals surface area (Å²) in [6, 6.07) is 0. The first-order chi connectivity index (χ1) is 21.4. The van der Waals surface area contributed by atoms with Crippen LogP contribution in [0.3, 0.4) is 0 Å². The molecule has 0 radical (unpaired) electrons. The molecular formula is C28H41Br3O14. The minimum atomic E-state index is -0.417. The molecule has 0 aromatic carbocycles. The van der Waals surface area contributed by atoms with Crippen molar-refractivity contribution in [3.8, 4) is 0 Å². The van der Waals surface area contributed by atoms with Crippen molar-refractivity contribution in [2.24, 2.45) is 5.92 Å². The van der Waals surface area contributed by atoms with Gasteiger partial charge in [0.2, 0.25) is 0 Å². The van der Waals surface area contributed by atoms with E-state index in [4.69, 9.17) is 47.4 Å². The Bertz CT molecular complexity index is 994. The number of halogens is 3. The molecule has 8 rings (SSSR count). The van der Waals surface area contributed by atoms with E-state index in [1.165, 1.54) is 13.8 Å². The fraction of sp³-hybridized carbons (Fsp3) is 0.929. The number of hydrogen-bond donors (Lipinski definition) is 2. The maximum atomic E-state index is 10.8. The van der Waals surface area contributed by atoms with E-state index < -0.39 is 6.10 Å². The van der Waals surface area contributed by atoms with E-state index in [0.717, 1.165) is 32.3 Å². The number of fused-ring (bicyclic) bond motifs is 4. The van der Waals surface area contributed by atoms with Crippen LogP contribution in [-0.2, 0) is 57.0 Å². The summed E-state index contributed by atoms with van der Waals surface area (Å²) in [5.74, 6) is -0.301. The smallest absolute Gasteiger partial charge is 0.303 e. The fourth-order valence-corrected chi connectivity index (χ4v) is 8.16. The molecule has 0 amide bonds. The Morgan fingerprint density at radius 1 is 0.622 bits per heavy atom. The van der Waals surface area contributed by atoms with Crippen molar-refractivity contribution in [2.75, 3.05) is 52.9 Å². The average Bonchev–Trinajstić information content (AvgIpc) is 3.83. The second-order valence-corrected chi connectivity index (χ2v) is 16.4. The zero-order valence-electron chi connectivity index (χ0n) is 25.1. The van der Waals surface area contributed by atoms with Gasteiger partial charge in [0.15, 0.2) is 25.2 Å². The van der Waals surface area contributed by atoms with Crippen molar-refractivity contribution in [3.05, 3.63) is 0 Å². The molecule has 0 saturated carbocycles. The second-order valence-electron chi connectivity index (χ2n) is 11.9. The summed E-state index contributed by atoms with van der Waals surface area (Å²) >= 11 is 10.5. The Hall–Kier alpha value is -0.0200. The zero-order valence-corrected chi connectivity index (χ0v) is 29.9. The highest BCUT2D eigenvalue weighted by Gasteiger charge is 2.57. The summed E-state index contributed by atoms with van der Waals surface area (Å²) in [6.45, 7) is 7.18. The quantitative estimate of drug-likeness (QED) is 0.305. The summed E-state index contributed by atoms with van der Waals surface area (Å²) in [4.78, 5) is 21.6. The molecule has 2 N–H and O–H groups in total. The molecule has 0 aromatic rings. The highest BCUT2D eigenvalue weighted by atomic mass is 79.9. The van der Waals surface area contributed by atoms with E-state index in [1.54, 1.807) is 0 Å². The van der Waals surface area contributed by atoms with Gasteiger partial charge in [-0.25, -0.2) is 0 Å². The van der Waals surface area contributed by atoms with Crippen LogP contribution >= 0.6 is 47.8 Å². The lowest BCUT2D eigenvalue weighted by Gasteiger charge is -2.24. The number of rotatable bonds is 2. The summed E-state index contributed by atoms with van der Waals surface area (Å²) in [5, 5.41) is 18.6. The normalized spacial score (nSPS) is 46.8. The topological polar surface area (TPSA) is 167 Å². The van der Waals surface area contributed by atoms with Gasteiger partial charge >= 0.3 is 11.9 Å². The van der Waals surface area contributed by atoms with E-state index >= 15 is 0 Å². The molecule has 8 aliphatic rings. The van der Waals surface area contributed by atoms with Gasteiger partial charge in [0.05, 0.1) is 65.1 Å². The van der Waals surface area contributed by atoms with Crippen LogP contribution < -0.4 is 0 Å². The van der Waals surface area contributed by atoms with Crippen LogP contribution in [0.2, 0.25) is 0 Å². The molecular weight excluding hydrogens is 800 g/mol. The van der Waals surface area contributed by atoms with Crippen LogP contribution in [0.5, 0.6) is 0 Å². The third kappa shape index (κ3) is 7.91. The first kappa shape index (κ1) is 36.3. The van der Waals surface area contributed by atoms with E-state index in [9.17, 15) is 19.8 Å². The number of aliphatic hydroxyl groups is 2. The number of ether oxygens (including phenoxy) is 10. The monoisotopic (exact) mass is 838 g/mol. The molecule has 0 bridgehead atoms. The summed E-state index contributed by atoms with van der Waals surface area (Å²) in [6.07, 6.45) is 1.40. The Balaban J connectivity index is 0.000000120. The molecule has 8 heterocycles. The minimum absolute atomic E-state index is 0.0972. The highest BCUT2D eigenvalue weighted by Crippen LogP contribution is 2.46. The van der Waals surface area contributed by atoms with Gasteiger partial charge in [0.1, 0.15) is 25.2 Å². The van der Waals surface area contributed by atoms with Gasteiger partial charge in [-0.05, 0) is 25.7 Å².